The van der Waals surface area contributed by atoms with Crippen molar-refractivity contribution in [3.05, 3.63) is 133 Å². The van der Waals surface area contributed by atoms with Crippen LogP contribution in [0.15, 0.2) is 133 Å². The van der Waals surface area contributed by atoms with Crippen LogP contribution in [0.4, 0.5) is 0 Å². The number of hydrogen-bond acceptors (Lipinski definition) is 2. The summed E-state index contributed by atoms with van der Waals surface area (Å²) in [6, 6.07) is 47.2. The minimum Gasteiger partial charge on any atom is -0.244 e. The van der Waals surface area contributed by atoms with Crippen molar-refractivity contribution in [1.82, 2.24) is 9.97 Å². The molecule has 0 N–H and O–H groups in total. The first-order valence-corrected chi connectivity index (χ1v) is 12.9. The third kappa shape index (κ3) is 3.14. The highest BCUT2D eigenvalue weighted by Gasteiger charge is 2.17. The Morgan fingerprint density at radius 1 is 0.342 bits per heavy atom. The molecule has 0 spiro atoms. The first-order valence-electron chi connectivity index (χ1n) is 12.9. The maximum atomic E-state index is 5.19. The van der Waals surface area contributed by atoms with Gasteiger partial charge < -0.3 is 0 Å². The van der Waals surface area contributed by atoms with Gasteiger partial charge in [-0.2, -0.15) is 0 Å². The summed E-state index contributed by atoms with van der Waals surface area (Å²) in [4.78, 5) is 10.3. The lowest BCUT2D eigenvalue weighted by atomic mass is 9.91. The van der Waals surface area contributed by atoms with Crippen molar-refractivity contribution in [1.29, 1.82) is 0 Å². The molecule has 0 saturated carbocycles. The summed E-state index contributed by atoms with van der Waals surface area (Å²) in [6.45, 7) is 0. The number of para-hydroxylation sites is 2. The molecule has 0 fully saturated rings. The van der Waals surface area contributed by atoms with Gasteiger partial charge in [-0.15, -0.1) is 0 Å². The van der Waals surface area contributed by atoms with E-state index in [4.69, 9.17) is 9.97 Å². The van der Waals surface area contributed by atoms with Gasteiger partial charge in [0.15, 0.2) is 0 Å². The highest BCUT2D eigenvalue weighted by atomic mass is 14.8. The van der Waals surface area contributed by atoms with Crippen molar-refractivity contribution in [2.75, 3.05) is 0 Å². The summed E-state index contributed by atoms with van der Waals surface area (Å²) in [5.74, 6) is 0. The maximum Gasteiger partial charge on any atom is 0.0979 e. The lowest BCUT2D eigenvalue weighted by Gasteiger charge is -2.15. The van der Waals surface area contributed by atoms with Crippen molar-refractivity contribution in [3.63, 3.8) is 0 Å². The third-order valence-electron chi connectivity index (χ3n) is 7.64. The Hall–Kier alpha value is -5.08. The van der Waals surface area contributed by atoms with E-state index >= 15 is 0 Å². The zero-order valence-corrected chi connectivity index (χ0v) is 20.6. The van der Waals surface area contributed by atoms with Crippen molar-refractivity contribution >= 4 is 54.1 Å². The Morgan fingerprint density at radius 3 is 1.79 bits per heavy atom. The van der Waals surface area contributed by atoms with Crippen LogP contribution >= 0.6 is 0 Å². The highest BCUT2D eigenvalue weighted by Crippen LogP contribution is 2.40. The molecular weight excluding hydrogens is 460 g/mol. The third-order valence-corrected chi connectivity index (χ3v) is 7.64. The predicted octanol–water partition coefficient (Wildman–Crippen LogP) is 9.58. The predicted molar refractivity (Wildman–Crippen MR) is 160 cm³/mol. The minimum atomic E-state index is 0.900. The molecule has 0 amide bonds. The van der Waals surface area contributed by atoms with Crippen LogP contribution in [0.3, 0.4) is 0 Å². The van der Waals surface area contributed by atoms with Gasteiger partial charge in [0.1, 0.15) is 0 Å². The summed E-state index contributed by atoms with van der Waals surface area (Å²) in [6.07, 6.45) is 0. The van der Waals surface area contributed by atoms with Gasteiger partial charge in [-0.3, -0.25) is 0 Å². The fourth-order valence-corrected chi connectivity index (χ4v) is 5.87. The van der Waals surface area contributed by atoms with E-state index in [1.165, 1.54) is 43.1 Å². The molecule has 38 heavy (non-hydrogen) atoms. The van der Waals surface area contributed by atoms with Gasteiger partial charge in [-0.1, -0.05) is 121 Å². The van der Waals surface area contributed by atoms with Gasteiger partial charge in [-0.25, -0.2) is 9.97 Å². The lowest BCUT2D eigenvalue weighted by Crippen LogP contribution is -1.96. The van der Waals surface area contributed by atoms with Gasteiger partial charge in [0.2, 0.25) is 0 Å². The van der Waals surface area contributed by atoms with Crippen LogP contribution in [-0.2, 0) is 0 Å². The van der Waals surface area contributed by atoms with Crippen LogP contribution in [0.1, 0.15) is 0 Å². The largest absolute Gasteiger partial charge is 0.244 e. The standard InChI is InChI=1S/C36H22N2/c1-2-10-25(11-3-1)35-36(38-33-16-7-6-15-32(33)37-35)31-14-8-13-29-28(31)21-19-24-18-20-27-26-12-5-4-9-23(26)17-22-30(27)34(24)29/h1-22H. The SMILES string of the molecule is c1ccc(-c2nc3ccccc3nc2-c2cccc3c2ccc2ccc4c5ccccc5ccc4c23)cc1. The Labute approximate surface area is 219 Å². The first-order chi connectivity index (χ1) is 18.8. The molecular formula is C36H22N2. The van der Waals surface area contributed by atoms with Crippen molar-refractivity contribution in [2.45, 2.75) is 0 Å². The Morgan fingerprint density at radius 2 is 0.947 bits per heavy atom. The maximum absolute atomic E-state index is 5.19. The second-order valence-corrected chi connectivity index (χ2v) is 9.79. The summed E-state index contributed by atoms with van der Waals surface area (Å²) in [5, 5.41) is 10.0. The zero-order valence-electron chi connectivity index (χ0n) is 20.6. The second kappa shape index (κ2) is 8.22. The number of fused-ring (bicyclic) bond motifs is 8. The minimum absolute atomic E-state index is 0.900. The molecule has 0 bridgehead atoms. The Balaban J connectivity index is 1.49. The van der Waals surface area contributed by atoms with Crippen molar-refractivity contribution in [3.8, 4) is 22.5 Å². The molecule has 0 aliphatic carbocycles. The smallest absolute Gasteiger partial charge is 0.0979 e. The van der Waals surface area contributed by atoms with Gasteiger partial charge in [0, 0.05) is 11.1 Å². The average Bonchev–Trinajstić information content (AvgIpc) is 3.00. The molecule has 0 atom stereocenters. The monoisotopic (exact) mass is 482 g/mol. The van der Waals surface area contributed by atoms with E-state index in [1.54, 1.807) is 0 Å². The van der Waals surface area contributed by atoms with Crippen molar-refractivity contribution in [2.24, 2.45) is 0 Å². The number of benzene rings is 7. The fraction of sp³-hybridized carbons (Fsp3) is 0. The highest BCUT2D eigenvalue weighted by molar-refractivity contribution is 6.26. The van der Waals surface area contributed by atoms with E-state index in [2.05, 4.69) is 103 Å². The van der Waals surface area contributed by atoms with Gasteiger partial charge >= 0.3 is 0 Å². The molecule has 1 aromatic heterocycles. The van der Waals surface area contributed by atoms with Crippen LogP contribution in [0.25, 0.3) is 76.6 Å². The molecule has 8 aromatic rings. The molecule has 2 heteroatoms. The summed E-state index contributed by atoms with van der Waals surface area (Å²) in [5.41, 5.74) is 5.77. The molecule has 8 rings (SSSR count). The van der Waals surface area contributed by atoms with Crippen LogP contribution in [0.5, 0.6) is 0 Å². The van der Waals surface area contributed by atoms with E-state index in [0.717, 1.165) is 33.5 Å². The molecule has 1 heterocycles. The van der Waals surface area contributed by atoms with Crippen LogP contribution < -0.4 is 0 Å². The Kier molecular flexibility index (Phi) is 4.55. The molecule has 0 unspecified atom stereocenters. The molecule has 2 nitrogen and oxygen atoms in total. The molecule has 0 aliphatic rings. The molecule has 176 valence electrons. The summed E-state index contributed by atoms with van der Waals surface area (Å²) < 4.78 is 0. The topological polar surface area (TPSA) is 25.8 Å². The lowest BCUT2D eigenvalue weighted by molar-refractivity contribution is 1.30. The van der Waals surface area contributed by atoms with E-state index in [9.17, 15) is 0 Å². The van der Waals surface area contributed by atoms with Crippen molar-refractivity contribution < 1.29 is 0 Å². The number of hydrogen-bond donors (Lipinski definition) is 0. The normalized spacial score (nSPS) is 11.7. The average molecular weight is 483 g/mol. The summed E-state index contributed by atoms with van der Waals surface area (Å²) >= 11 is 0. The molecule has 0 aliphatic heterocycles. The van der Waals surface area contributed by atoms with Gasteiger partial charge in [-0.05, 0) is 55.2 Å². The van der Waals surface area contributed by atoms with Crippen LogP contribution in [0, 0.1) is 0 Å². The quantitative estimate of drug-likeness (QED) is 0.229. The fourth-order valence-electron chi connectivity index (χ4n) is 5.87. The van der Waals surface area contributed by atoms with Crippen LogP contribution in [0.2, 0.25) is 0 Å². The van der Waals surface area contributed by atoms with E-state index in [0.29, 0.717) is 0 Å². The zero-order chi connectivity index (χ0) is 25.1. The second-order valence-electron chi connectivity index (χ2n) is 9.79. The number of nitrogens with zero attached hydrogens (tertiary/aromatic N) is 2. The first kappa shape index (κ1) is 21.0. The van der Waals surface area contributed by atoms with Crippen LogP contribution in [-0.4, -0.2) is 9.97 Å². The molecule has 0 saturated heterocycles. The number of aromatic nitrogens is 2. The van der Waals surface area contributed by atoms with E-state index in [-0.39, 0.29) is 0 Å². The van der Waals surface area contributed by atoms with Gasteiger partial charge in [0.25, 0.3) is 0 Å². The summed E-state index contributed by atoms with van der Waals surface area (Å²) in [7, 11) is 0. The Bertz CT molecular complexity index is 2180. The van der Waals surface area contributed by atoms with E-state index < -0.39 is 0 Å². The van der Waals surface area contributed by atoms with Gasteiger partial charge in [0.05, 0.1) is 22.4 Å². The molecule has 0 radical (unpaired) electrons. The molecule has 7 aromatic carbocycles. The number of rotatable bonds is 2. The van der Waals surface area contributed by atoms with E-state index in [1.807, 2.05) is 30.3 Å².